The first-order chi connectivity index (χ1) is 11.9. The van der Waals surface area contributed by atoms with Gasteiger partial charge in [0.25, 0.3) is 0 Å². The molecule has 0 amide bonds. The minimum Gasteiger partial charge on any atom is -0.379 e. The number of piperidine rings is 1. The minimum atomic E-state index is -2.92. The van der Waals surface area contributed by atoms with Crippen molar-refractivity contribution in [2.45, 2.75) is 25.3 Å². The molecule has 142 valence electrons. The maximum Gasteiger partial charge on any atom is 0.148 e. The highest BCUT2D eigenvalue weighted by Crippen LogP contribution is 2.26. The van der Waals surface area contributed by atoms with Gasteiger partial charge < -0.3 is 14.2 Å². The number of nitrogens with zero attached hydrogens (tertiary/aromatic N) is 5. The van der Waals surface area contributed by atoms with E-state index in [2.05, 4.69) is 24.6 Å². The summed E-state index contributed by atoms with van der Waals surface area (Å²) < 4.78 is 30.3. The highest BCUT2D eigenvalue weighted by molar-refractivity contribution is 7.90. The molecule has 0 aliphatic carbocycles. The molecule has 0 spiro atoms. The molecule has 0 saturated carbocycles. The quantitative estimate of drug-likeness (QED) is 0.689. The van der Waals surface area contributed by atoms with Crippen LogP contribution in [0.25, 0.3) is 0 Å². The second-order valence-corrected chi connectivity index (χ2v) is 9.45. The zero-order valence-corrected chi connectivity index (χ0v) is 16.0. The Kier molecular flexibility index (Phi) is 6.08. The van der Waals surface area contributed by atoms with Gasteiger partial charge in [0.1, 0.15) is 21.5 Å². The highest BCUT2D eigenvalue weighted by atomic mass is 32.2. The molecule has 1 unspecified atom stereocenters. The van der Waals surface area contributed by atoms with E-state index >= 15 is 0 Å². The van der Waals surface area contributed by atoms with Crippen LogP contribution in [0.4, 0.5) is 0 Å². The molecule has 1 atom stereocenters. The summed E-state index contributed by atoms with van der Waals surface area (Å²) in [6, 6.07) is 0. The van der Waals surface area contributed by atoms with E-state index in [1.807, 2.05) is 7.05 Å². The van der Waals surface area contributed by atoms with E-state index in [0.29, 0.717) is 12.5 Å². The van der Waals surface area contributed by atoms with Crippen LogP contribution in [0.2, 0.25) is 0 Å². The van der Waals surface area contributed by atoms with Crippen molar-refractivity contribution in [3.05, 3.63) is 11.6 Å². The van der Waals surface area contributed by atoms with Gasteiger partial charge >= 0.3 is 0 Å². The molecule has 0 radical (unpaired) electrons. The molecule has 1 aromatic heterocycles. The maximum atomic E-state index is 11.4. The van der Waals surface area contributed by atoms with Crippen LogP contribution in [0.15, 0.2) is 0 Å². The van der Waals surface area contributed by atoms with Gasteiger partial charge in [0.2, 0.25) is 0 Å². The van der Waals surface area contributed by atoms with Crippen LogP contribution in [0, 0.1) is 0 Å². The Hall–Kier alpha value is -1.03. The summed E-state index contributed by atoms with van der Waals surface area (Å²) in [5.74, 6) is 2.56. The molecule has 0 bridgehead atoms. The normalized spacial score (nSPS) is 23.8. The number of rotatable bonds is 6. The molecular formula is C16H29N5O3S. The van der Waals surface area contributed by atoms with E-state index < -0.39 is 9.84 Å². The van der Waals surface area contributed by atoms with Crippen LogP contribution in [0.5, 0.6) is 0 Å². The van der Waals surface area contributed by atoms with Crippen LogP contribution in [-0.4, -0.2) is 90.9 Å². The molecule has 0 aromatic carbocycles. The standard InChI is InChI=1S/C16H29N5O3S/c1-19-15(13-21-6-9-24-10-7-21)17-18-16(19)14-4-3-5-20(12-14)8-11-25(2,22)23/h14H,3-13H2,1-2H3. The van der Waals surface area contributed by atoms with Crippen LogP contribution >= 0.6 is 0 Å². The van der Waals surface area contributed by atoms with E-state index in [1.165, 1.54) is 6.26 Å². The summed E-state index contributed by atoms with van der Waals surface area (Å²) in [6.07, 6.45) is 3.45. The van der Waals surface area contributed by atoms with E-state index in [1.54, 1.807) is 0 Å². The predicted molar refractivity (Wildman–Crippen MR) is 95.2 cm³/mol. The summed E-state index contributed by atoms with van der Waals surface area (Å²) in [6.45, 7) is 6.66. The average molecular weight is 372 g/mol. The molecule has 25 heavy (non-hydrogen) atoms. The van der Waals surface area contributed by atoms with Crippen LogP contribution in [0.1, 0.15) is 30.4 Å². The molecule has 0 N–H and O–H groups in total. The number of likely N-dealkylation sites (tertiary alicyclic amines) is 1. The largest absolute Gasteiger partial charge is 0.379 e. The van der Waals surface area contributed by atoms with Crippen molar-refractivity contribution in [1.82, 2.24) is 24.6 Å². The summed E-state index contributed by atoms with van der Waals surface area (Å²) in [7, 11) is -0.874. The van der Waals surface area contributed by atoms with Crippen molar-refractivity contribution < 1.29 is 13.2 Å². The molecule has 2 aliphatic rings. The van der Waals surface area contributed by atoms with Crippen LogP contribution in [-0.2, 0) is 28.2 Å². The second-order valence-electron chi connectivity index (χ2n) is 7.19. The lowest BCUT2D eigenvalue weighted by molar-refractivity contribution is 0.0326. The summed E-state index contributed by atoms with van der Waals surface area (Å²) in [4.78, 5) is 4.59. The zero-order chi connectivity index (χ0) is 17.9. The first kappa shape index (κ1) is 18.8. The third-order valence-corrected chi connectivity index (χ3v) is 6.04. The Bertz CT molecular complexity index is 669. The molecule has 2 aliphatic heterocycles. The monoisotopic (exact) mass is 371 g/mol. The SMILES string of the molecule is Cn1c(CN2CCOCC2)nnc1C1CCCN(CCS(C)(=O)=O)C1. The van der Waals surface area contributed by atoms with Crippen LogP contribution < -0.4 is 0 Å². The first-order valence-electron chi connectivity index (χ1n) is 9.01. The van der Waals surface area contributed by atoms with Crippen molar-refractivity contribution in [2.75, 3.05) is 57.9 Å². The molecule has 3 heterocycles. The Labute approximate surface area is 150 Å². The summed E-state index contributed by atoms with van der Waals surface area (Å²) in [5.41, 5.74) is 0. The lowest BCUT2D eigenvalue weighted by Crippen LogP contribution is -2.38. The van der Waals surface area contributed by atoms with Gasteiger partial charge in [-0.3, -0.25) is 4.90 Å². The highest BCUT2D eigenvalue weighted by Gasteiger charge is 2.26. The van der Waals surface area contributed by atoms with Crippen molar-refractivity contribution in [3.8, 4) is 0 Å². The number of hydrogen-bond donors (Lipinski definition) is 0. The summed E-state index contributed by atoms with van der Waals surface area (Å²) in [5, 5.41) is 8.87. The fourth-order valence-corrected chi connectivity index (χ4v) is 4.18. The number of morpholine rings is 1. The molecular weight excluding hydrogens is 342 g/mol. The van der Waals surface area contributed by atoms with Gasteiger partial charge in [-0.25, -0.2) is 8.42 Å². The molecule has 2 fully saturated rings. The van der Waals surface area contributed by atoms with Gasteiger partial charge in [0, 0.05) is 45.4 Å². The van der Waals surface area contributed by atoms with E-state index in [4.69, 9.17) is 4.74 Å². The number of ether oxygens (including phenoxy) is 1. The Balaban J connectivity index is 1.61. The maximum absolute atomic E-state index is 11.4. The fraction of sp³-hybridized carbons (Fsp3) is 0.875. The van der Waals surface area contributed by atoms with Gasteiger partial charge in [-0.2, -0.15) is 0 Å². The van der Waals surface area contributed by atoms with Gasteiger partial charge in [-0.05, 0) is 19.4 Å². The number of aromatic nitrogens is 3. The van der Waals surface area contributed by atoms with Crippen LogP contribution in [0.3, 0.4) is 0 Å². The lowest BCUT2D eigenvalue weighted by atomic mass is 9.97. The second kappa shape index (κ2) is 8.11. The van der Waals surface area contributed by atoms with Gasteiger partial charge in [-0.1, -0.05) is 0 Å². The zero-order valence-electron chi connectivity index (χ0n) is 15.2. The molecule has 2 saturated heterocycles. The molecule has 9 heteroatoms. The minimum absolute atomic E-state index is 0.223. The molecule has 1 aromatic rings. The Morgan fingerprint density at radius 1 is 1.16 bits per heavy atom. The Morgan fingerprint density at radius 2 is 1.92 bits per heavy atom. The molecule has 8 nitrogen and oxygen atoms in total. The lowest BCUT2D eigenvalue weighted by Gasteiger charge is -2.32. The third-order valence-electron chi connectivity index (χ3n) is 5.12. The predicted octanol–water partition coefficient (Wildman–Crippen LogP) is -0.129. The van der Waals surface area contributed by atoms with Crippen molar-refractivity contribution in [1.29, 1.82) is 0 Å². The average Bonchev–Trinajstić information content (AvgIpc) is 2.94. The van der Waals surface area contributed by atoms with E-state index in [-0.39, 0.29) is 5.75 Å². The first-order valence-corrected chi connectivity index (χ1v) is 11.1. The topological polar surface area (TPSA) is 80.6 Å². The van der Waals surface area contributed by atoms with Crippen molar-refractivity contribution >= 4 is 9.84 Å². The summed E-state index contributed by atoms with van der Waals surface area (Å²) >= 11 is 0. The smallest absolute Gasteiger partial charge is 0.148 e. The van der Waals surface area contributed by atoms with Gasteiger partial charge in [-0.15, -0.1) is 10.2 Å². The van der Waals surface area contributed by atoms with Crippen molar-refractivity contribution in [3.63, 3.8) is 0 Å². The van der Waals surface area contributed by atoms with Gasteiger partial charge in [0.15, 0.2) is 0 Å². The van der Waals surface area contributed by atoms with E-state index in [0.717, 1.165) is 70.4 Å². The Morgan fingerprint density at radius 3 is 2.64 bits per heavy atom. The van der Waals surface area contributed by atoms with Crippen molar-refractivity contribution in [2.24, 2.45) is 7.05 Å². The van der Waals surface area contributed by atoms with E-state index in [9.17, 15) is 8.42 Å². The molecule has 3 rings (SSSR count). The fourth-order valence-electron chi connectivity index (χ4n) is 3.59. The third kappa shape index (κ3) is 5.22. The number of hydrogen-bond acceptors (Lipinski definition) is 7. The number of sulfone groups is 1. The van der Waals surface area contributed by atoms with Gasteiger partial charge in [0.05, 0.1) is 25.5 Å².